The van der Waals surface area contributed by atoms with Crippen molar-refractivity contribution in [1.82, 2.24) is 4.98 Å². The van der Waals surface area contributed by atoms with E-state index in [1.165, 1.54) is 0 Å². The lowest BCUT2D eigenvalue weighted by molar-refractivity contribution is -0.138. The van der Waals surface area contributed by atoms with Crippen LogP contribution in [0.4, 0.5) is 0 Å². The van der Waals surface area contributed by atoms with Crippen LogP contribution in [-0.4, -0.2) is 22.1 Å². The second-order valence-corrected chi connectivity index (χ2v) is 4.05. The fraction of sp³-hybridized carbons (Fsp3) is 0.143. The molecular formula is C14H14N2O3. The first-order valence-electron chi connectivity index (χ1n) is 5.81. The molecule has 0 bridgehead atoms. The summed E-state index contributed by atoms with van der Waals surface area (Å²) in [6, 6.07) is 11.9. The predicted octanol–water partition coefficient (Wildman–Crippen LogP) is 1.83. The molecule has 0 saturated carbocycles. The van der Waals surface area contributed by atoms with Crippen molar-refractivity contribution >= 4 is 5.97 Å². The Balaban J connectivity index is 2.01. The van der Waals surface area contributed by atoms with E-state index in [1.54, 1.807) is 18.3 Å². The van der Waals surface area contributed by atoms with Crippen molar-refractivity contribution in [3.63, 3.8) is 0 Å². The van der Waals surface area contributed by atoms with Gasteiger partial charge in [0, 0.05) is 12.1 Å². The number of carbonyl (C=O) groups is 1. The zero-order chi connectivity index (χ0) is 13.7. The molecule has 1 unspecified atom stereocenters. The van der Waals surface area contributed by atoms with Gasteiger partial charge in [-0.05, 0) is 24.3 Å². The summed E-state index contributed by atoms with van der Waals surface area (Å²) >= 11 is 0. The van der Waals surface area contributed by atoms with Crippen LogP contribution in [0.5, 0.6) is 11.5 Å². The Labute approximate surface area is 110 Å². The minimum Gasteiger partial charge on any atom is -0.480 e. The topological polar surface area (TPSA) is 85.4 Å². The van der Waals surface area contributed by atoms with E-state index in [1.807, 2.05) is 30.3 Å². The Bertz CT molecular complexity index is 540. The molecule has 0 fully saturated rings. The molecule has 98 valence electrons. The molecule has 1 atom stereocenters. The number of rotatable bonds is 5. The van der Waals surface area contributed by atoms with Gasteiger partial charge >= 0.3 is 5.97 Å². The molecule has 19 heavy (non-hydrogen) atoms. The molecule has 0 spiro atoms. The largest absolute Gasteiger partial charge is 0.480 e. The first-order chi connectivity index (χ1) is 9.15. The Kier molecular flexibility index (Phi) is 4.10. The number of hydrogen-bond acceptors (Lipinski definition) is 4. The summed E-state index contributed by atoms with van der Waals surface area (Å²) in [4.78, 5) is 14.8. The van der Waals surface area contributed by atoms with Crippen LogP contribution >= 0.6 is 0 Å². The summed E-state index contributed by atoms with van der Waals surface area (Å²) in [6.07, 6.45) is 1.75. The van der Waals surface area contributed by atoms with Gasteiger partial charge in [0.15, 0.2) is 0 Å². The first kappa shape index (κ1) is 13.0. The highest BCUT2D eigenvalue weighted by atomic mass is 16.5. The molecule has 2 aromatic rings. The number of carboxylic acid groups (broad SMARTS) is 1. The molecule has 0 radical (unpaired) electrons. The van der Waals surface area contributed by atoms with Crippen LogP contribution < -0.4 is 10.5 Å². The Morgan fingerprint density at radius 3 is 2.53 bits per heavy atom. The number of aromatic nitrogens is 1. The number of benzene rings is 1. The van der Waals surface area contributed by atoms with Gasteiger partial charge in [-0.2, -0.15) is 0 Å². The molecule has 0 amide bonds. The smallest absolute Gasteiger partial charge is 0.320 e. The number of aliphatic carboxylic acids is 1. The average molecular weight is 258 g/mol. The van der Waals surface area contributed by atoms with Crippen LogP contribution in [0, 0.1) is 0 Å². The van der Waals surface area contributed by atoms with Crippen molar-refractivity contribution in [3.05, 3.63) is 54.4 Å². The van der Waals surface area contributed by atoms with Crippen LogP contribution in [0.25, 0.3) is 0 Å². The summed E-state index contributed by atoms with van der Waals surface area (Å²) in [6.45, 7) is 0. The van der Waals surface area contributed by atoms with E-state index in [9.17, 15) is 4.79 Å². The minimum atomic E-state index is -1.04. The molecule has 0 saturated heterocycles. The predicted molar refractivity (Wildman–Crippen MR) is 70.1 cm³/mol. The standard InChI is InChI=1S/C14H14N2O3/c15-13(14(17)18)8-10-6-7-12(9-16-10)19-11-4-2-1-3-5-11/h1-7,9,13H,8,15H2,(H,17,18). The van der Waals surface area contributed by atoms with E-state index in [0.29, 0.717) is 11.4 Å². The van der Waals surface area contributed by atoms with Crippen LogP contribution in [-0.2, 0) is 11.2 Å². The summed E-state index contributed by atoms with van der Waals surface area (Å²) < 4.78 is 5.58. The van der Waals surface area contributed by atoms with Crippen molar-refractivity contribution < 1.29 is 14.6 Å². The van der Waals surface area contributed by atoms with Crippen LogP contribution in [0.15, 0.2) is 48.7 Å². The third-order valence-electron chi connectivity index (χ3n) is 2.52. The summed E-state index contributed by atoms with van der Waals surface area (Å²) in [5.74, 6) is 0.282. The van der Waals surface area contributed by atoms with E-state index >= 15 is 0 Å². The number of nitrogens with zero attached hydrogens (tertiary/aromatic N) is 1. The average Bonchev–Trinajstić information content (AvgIpc) is 2.42. The van der Waals surface area contributed by atoms with E-state index in [-0.39, 0.29) is 6.42 Å². The van der Waals surface area contributed by atoms with Crippen molar-refractivity contribution in [2.75, 3.05) is 0 Å². The Hall–Kier alpha value is -2.40. The maximum absolute atomic E-state index is 10.6. The maximum atomic E-state index is 10.6. The highest BCUT2D eigenvalue weighted by Crippen LogP contribution is 2.19. The second-order valence-electron chi connectivity index (χ2n) is 4.05. The Morgan fingerprint density at radius 2 is 1.95 bits per heavy atom. The summed E-state index contributed by atoms with van der Waals surface area (Å²) in [5, 5.41) is 8.72. The highest BCUT2D eigenvalue weighted by molar-refractivity contribution is 5.73. The SMILES string of the molecule is NC(Cc1ccc(Oc2ccccc2)cn1)C(=O)O. The van der Waals surface area contributed by atoms with Gasteiger partial charge in [0.1, 0.15) is 17.5 Å². The summed E-state index contributed by atoms with van der Waals surface area (Å²) in [5.41, 5.74) is 6.06. The van der Waals surface area contributed by atoms with Gasteiger partial charge < -0.3 is 15.6 Å². The molecule has 1 heterocycles. The van der Waals surface area contributed by atoms with Crippen LogP contribution in [0.1, 0.15) is 5.69 Å². The molecule has 3 N–H and O–H groups in total. The van der Waals surface area contributed by atoms with Gasteiger partial charge in [-0.25, -0.2) is 0 Å². The minimum absolute atomic E-state index is 0.195. The number of pyridine rings is 1. The monoisotopic (exact) mass is 258 g/mol. The molecule has 0 aliphatic carbocycles. The normalized spacial score (nSPS) is 11.8. The second kappa shape index (κ2) is 5.97. The molecule has 5 nitrogen and oxygen atoms in total. The van der Waals surface area contributed by atoms with Crippen LogP contribution in [0.2, 0.25) is 0 Å². The number of ether oxygens (including phenoxy) is 1. The molecule has 5 heteroatoms. The fourth-order valence-electron chi connectivity index (χ4n) is 1.53. The highest BCUT2D eigenvalue weighted by Gasteiger charge is 2.12. The molecule has 1 aromatic carbocycles. The summed E-state index contributed by atoms with van der Waals surface area (Å²) in [7, 11) is 0. The zero-order valence-corrected chi connectivity index (χ0v) is 10.2. The van der Waals surface area contributed by atoms with E-state index in [0.717, 1.165) is 5.75 Å². The first-order valence-corrected chi connectivity index (χ1v) is 5.81. The lowest BCUT2D eigenvalue weighted by Gasteiger charge is -2.07. The molecule has 0 aliphatic rings. The van der Waals surface area contributed by atoms with Crippen molar-refractivity contribution in [1.29, 1.82) is 0 Å². The molecule has 1 aromatic heterocycles. The van der Waals surface area contributed by atoms with Crippen molar-refractivity contribution in [3.8, 4) is 11.5 Å². The Morgan fingerprint density at radius 1 is 1.21 bits per heavy atom. The zero-order valence-electron chi connectivity index (χ0n) is 10.2. The molecule has 0 aliphatic heterocycles. The van der Waals surface area contributed by atoms with Crippen molar-refractivity contribution in [2.24, 2.45) is 5.73 Å². The van der Waals surface area contributed by atoms with E-state index in [4.69, 9.17) is 15.6 Å². The number of hydrogen-bond donors (Lipinski definition) is 2. The molecule has 2 rings (SSSR count). The quantitative estimate of drug-likeness (QED) is 0.854. The van der Waals surface area contributed by atoms with Gasteiger partial charge in [-0.3, -0.25) is 9.78 Å². The lowest BCUT2D eigenvalue weighted by Crippen LogP contribution is -2.32. The van der Waals surface area contributed by atoms with Gasteiger partial charge in [-0.1, -0.05) is 18.2 Å². The lowest BCUT2D eigenvalue weighted by atomic mass is 10.1. The third kappa shape index (κ3) is 3.79. The van der Waals surface area contributed by atoms with Crippen LogP contribution in [0.3, 0.4) is 0 Å². The van der Waals surface area contributed by atoms with Gasteiger partial charge in [-0.15, -0.1) is 0 Å². The number of carboxylic acids is 1. The number of para-hydroxylation sites is 1. The van der Waals surface area contributed by atoms with Crippen molar-refractivity contribution in [2.45, 2.75) is 12.5 Å². The van der Waals surface area contributed by atoms with Gasteiger partial charge in [0.05, 0.1) is 6.20 Å². The van der Waals surface area contributed by atoms with E-state index in [2.05, 4.69) is 4.98 Å². The third-order valence-corrected chi connectivity index (χ3v) is 2.52. The fourth-order valence-corrected chi connectivity index (χ4v) is 1.53. The van der Waals surface area contributed by atoms with Gasteiger partial charge in [0.2, 0.25) is 0 Å². The van der Waals surface area contributed by atoms with Gasteiger partial charge in [0.25, 0.3) is 0 Å². The maximum Gasteiger partial charge on any atom is 0.320 e. The number of nitrogens with two attached hydrogens (primary N) is 1. The molecular weight excluding hydrogens is 244 g/mol. The van der Waals surface area contributed by atoms with E-state index < -0.39 is 12.0 Å².